The van der Waals surface area contributed by atoms with E-state index in [-0.39, 0.29) is 16.9 Å². The maximum absolute atomic E-state index is 13.2. The standard InChI is InChI=1S/C18H14ClN3O/c1-11-20-16-17(21(11)2)14-9-8-12(19)10-15(14)22(18(16)23)13-6-4-3-5-7-13/h3-10H,1-2H3/i2D3. The van der Waals surface area contributed by atoms with Gasteiger partial charge in [0.25, 0.3) is 5.56 Å². The van der Waals surface area contributed by atoms with Gasteiger partial charge in [0.05, 0.1) is 11.0 Å². The first-order valence-corrected chi connectivity index (χ1v) is 7.46. The smallest absolute Gasteiger partial charge is 0.283 e. The van der Waals surface area contributed by atoms with Crippen LogP contribution in [0.4, 0.5) is 0 Å². The minimum Gasteiger partial charge on any atom is -0.331 e. The normalized spacial score (nSPS) is 13.9. The average molecular weight is 327 g/mol. The summed E-state index contributed by atoms with van der Waals surface area (Å²) >= 11 is 6.17. The Balaban J connectivity index is 2.30. The van der Waals surface area contributed by atoms with Gasteiger partial charge in [0.15, 0.2) is 5.52 Å². The summed E-state index contributed by atoms with van der Waals surface area (Å²) in [4.78, 5) is 17.5. The van der Waals surface area contributed by atoms with Crippen molar-refractivity contribution in [2.24, 2.45) is 6.98 Å². The van der Waals surface area contributed by atoms with E-state index < -0.39 is 6.98 Å². The first-order chi connectivity index (χ1) is 12.3. The quantitative estimate of drug-likeness (QED) is 0.533. The van der Waals surface area contributed by atoms with Gasteiger partial charge in [0.2, 0.25) is 0 Å². The highest BCUT2D eigenvalue weighted by Gasteiger charge is 2.17. The van der Waals surface area contributed by atoms with Gasteiger partial charge in [-0.1, -0.05) is 29.8 Å². The van der Waals surface area contributed by atoms with Gasteiger partial charge in [-0.25, -0.2) is 4.98 Å². The van der Waals surface area contributed by atoms with E-state index in [4.69, 9.17) is 15.7 Å². The highest BCUT2D eigenvalue weighted by Crippen LogP contribution is 2.27. The molecule has 0 radical (unpaired) electrons. The second kappa shape index (κ2) is 4.96. The average Bonchev–Trinajstić information content (AvgIpc) is 2.93. The number of rotatable bonds is 1. The molecule has 5 heteroatoms. The number of halogens is 1. The molecular weight excluding hydrogens is 310 g/mol. The highest BCUT2D eigenvalue weighted by molar-refractivity contribution is 6.31. The summed E-state index contributed by atoms with van der Waals surface area (Å²) < 4.78 is 26.2. The summed E-state index contributed by atoms with van der Waals surface area (Å²) in [6, 6.07) is 14.2. The van der Waals surface area contributed by atoms with Crippen molar-refractivity contribution in [2.45, 2.75) is 6.92 Å². The molecule has 23 heavy (non-hydrogen) atoms. The number of nitrogens with zero attached hydrogens (tertiary/aromatic N) is 3. The van der Waals surface area contributed by atoms with Crippen molar-refractivity contribution in [3.63, 3.8) is 0 Å². The van der Waals surface area contributed by atoms with Gasteiger partial charge < -0.3 is 4.57 Å². The molecule has 114 valence electrons. The van der Waals surface area contributed by atoms with Crippen LogP contribution in [0, 0.1) is 6.92 Å². The molecule has 0 N–H and O–H groups in total. The van der Waals surface area contributed by atoms with Crippen LogP contribution in [-0.2, 0) is 6.98 Å². The van der Waals surface area contributed by atoms with E-state index in [0.29, 0.717) is 27.1 Å². The van der Waals surface area contributed by atoms with Gasteiger partial charge in [0, 0.05) is 27.2 Å². The van der Waals surface area contributed by atoms with Crippen molar-refractivity contribution < 1.29 is 4.11 Å². The van der Waals surface area contributed by atoms with E-state index in [1.54, 1.807) is 37.3 Å². The second-order valence-corrected chi connectivity index (χ2v) is 5.77. The van der Waals surface area contributed by atoms with E-state index in [0.717, 1.165) is 4.57 Å². The Morgan fingerprint density at radius 3 is 2.70 bits per heavy atom. The Hall–Kier alpha value is -2.59. The lowest BCUT2D eigenvalue weighted by molar-refractivity contribution is 0.888. The van der Waals surface area contributed by atoms with Crippen LogP contribution in [0.3, 0.4) is 0 Å². The zero-order chi connectivity index (χ0) is 18.6. The van der Waals surface area contributed by atoms with Gasteiger partial charge >= 0.3 is 0 Å². The molecule has 4 rings (SSSR count). The number of para-hydroxylation sites is 1. The summed E-state index contributed by atoms with van der Waals surface area (Å²) in [6.45, 7) is -0.864. The van der Waals surface area contributed by atoms with Crippen LogP contribution < -0.4 is 5.56 Å². The number of aryl methyl sites for hydroxylation is 2. The molecule has 0 saturated carbocycles. The zero-order valence-corrected chi connectivity index (χ0v) is 13.0. The van der Waals surface area contributed by atoms with E-state index in [9.17, 15) is 4.79 Å². The van der Waals surface area contributed by atoms with Gasteiger partial charge in [-0.15, -0.1) is 0 Å². The summed E-state index contributed by atoms with van der Waals surface area (Å²) in [7, 11) is 0. The van der Waals surface area contributed by atoms with Crippen LogP contribution in [0.15, 0.2) is 53.3 Å². The van der Waals surface area contributed by atoms with E-state index in [2.05, 4.69) is 4.98 Å². The summed E-state index contributed by atoms with van der Waals surface area (Å²) in [5.41, 5.74) is 1.23. The molecule has 0 aliphatic carbocycles. The van der Waals surface area contributed by atoms with Crippen molar-refractivity contribution in [3.05, 3.63) is 69.7 Å². The number of pyridine rings is 1. The third kappa shape index (κ3) is 1.99. The molecule has 2 aromatic heterocycles. The lowest BCUT2D eigenvalue weighted by atomic mass is 10.1. The van der Waals surface area contributed by atoms with Crippen molar-refractivity contribution >= 4 is 33.5 Å². The highest BCUT2D eigenvalue weighted by atomic mass is 35.5. The number of hydrogen-bond donors (Lipinski definition) is 0. The van der Waals surface area contributed by atoms with Crippen molar-refractivity contribution in [3.8, 4) is 5.69 Å². The van der Waals surface area contributed by atoms with Crippen LogP contribution >= 0.6 is 11.6 Å². The molecule has 0 aliphatic rings. The maximum atomic E-state index is 13.2. The molecule has 0 bridgehead atoms. The van der Waals surface area contributed by atoms with Crippen LogP contribution in [0.1, 0.15) is 9.94 Å². The third-order valence-corrected chi connectivity index (χ3v) is 4.16. The summed E-state index contributed by atoms with van der Waals surface area (Å²) in [6.07, 6.45) is 0. The largest absolute Gasteiger partial charge is 0.331 e. The third-order valence-electron chi connectivity index (χ3n) is 3.92. The van der Waals surface area contributed by atoms with Gasteiger partial charge in [-0.05, 0) is 37.3 Å². The fourth-order valence-electron chi connectivity index (χ4n) is 2.87. The Bertz CT molecular complexity index is 1210. The monoisotopic (exact) mass is 326 g/mol. The zero-order valence-electron chi connectivity index (χ0n) is 15.2. The lowest BCUT2D eigenvalue weighted by Gasteiger charge is -2.12. The predicted molar refractivity (Wildman–Crippen MR) is 93.6 cm³/mol. The number of aromatic nitrogens is 3. The lowest BCUT2D eigenvalue weighted by Crippen LogP contribution is -2.19. The van der Waals surface area contributed by atoms with Gasteiger partial charge in [0.1, 0.15) is 5.82 Å². The molecule has 2 heterocycles. The fraction of sp³-hybridized carbons (Fsp3) is 0.111. The molecule has 0 unspecified atom stereocenters. The van der Waals surface area contributed by atoms with Crippen LogP contribution in [0.5, 0.6) is 0 Å². The van der Waals surface area contributed by atoms with Gasteiger partial charge in [-0.3, -0.25) is 9.36 Å². The van der Waals surface area contributed by atoms with E-state index in [1.165, 1.54) is 4.57 Å². The number of fused-ring (bicyclic) bond motifs is 3. The predicted octanol–water partition coefficient (Wildman–Crippen LogP) is 3.84. The summed E-state index contributed by atoms with van der Waals surface area (Å²) in [5.74, 6) is 0.263. The minimum absolute atomic E-state index is 0.123. The molecule has 0 spiro atoms. The van der Waals surface area contributed by atoms with Crippen molar-refractivity contribution in [1.29, 1.82) is 0 Å². The number of benzene rings is 2. The topological polar surface area (TPSA) is 39.8 Å². The second-order valence-electron chi connectivity index (χ2n) is 5.33. The Morgan fingerprint density at radius 2 is 1.96 bits per heavy atom. The van der Waals surface area contributed by atoms with E-state index >= 15 is 0 Å². The van der Waals surface area contributed by atoms with Crippen molar-refractivity contribution in [2.75, 3.05) is 0 Å². The number of hydrogen-bond acceptors (Lipinski definition) is 2. The number of imidazole rings is 1. The van der Waals surface area contributed by atoms with Crippen molar-refractivity contribution in [1.82, 2.24) is 14.1 Å². The Morgan fingerprint density at radius 1 is 1.17 bits per heavy atom. The minimum atomic E-state index is -2.45. The maximum Gasteiger partial charge on any atom is 0.283 e. The molecule has 2 aromatic carbocycles. The molecule has 4 nitrogen and oxygen atoms in total. The molecule has 4 aromatic rings. The Kier molecular flexibility index (Phi) is 2.38. The first-order valence-electron chi connectivity index (χ1n) is 8.58. The Labute approximate surface area is 141 Å². The van der Waals surface area contributed by atoms with Crippen LogP contribution in [-0.4, -0.2) is 14.1 Å². The SMILES string of the molecule is [2H]C([2H])([2H])n1c(C)nc2c(=O)n(-c3ccccc3)c3cc(Cl)ccc3c21. The van der Waals surface area contributed by atoms with Crippen LogP contribution in [0.25, 0.3) is 27.6 Å². The summed E-state index contributed by atoms with van der Waals surface area (Å²) in [5, 5.41) is 1.06. The molecule has 0 fully saturated rings. The molecule has 0 amide bonds. The fourth-order valence-corrected chi connectivity index (χ4v) is 3.03. The van der Waals surface area contributed by atoms with Crippen LogP contribution in [0.2, 0.25) is 5.02 Å². The molecule has 0 aliphatic heterocycles. The molecule has 0 atom stereocenters. The van der Waals surface area contributed by atoms with E-state index in [1.807, 2.05) is 18.2 Å². The van der Waals surface area contributed by atoms with Gasteiger partial charge in [-0.2, -0.15) is 0 Å². The first kappa shape index (κ1) is 11.0. The molecular formula is C18H14ClN3O. The molecule has 0 saturated heterocycles.